The maximum absolute atomic E-state index is 13.5. The van der Waals surface area contributed by atoms with E-state index in [1.165, 1.54) is 19.2 Å². The lowest BCUT2D eigenvalue weighted by Crippen LogP contribution is -2.03. The maximum Gasteiger partial charge on any atom is 0.277 e. The molecule has 0 radical (unpaired) electrons. The van der Waals surface area contributed by atoms with Gasteiger partial charge in [-0.15, -0.1) is 10.2 Å². The van der Waals surface area contributed by atoms with Crippen molar-refractivity contribution in [1.29, 1.82) is 0 Å². The minimum absolute atomic E-state index is 0.105. The number of hydrogen-bond donors (Lipinski definition) is 0. The average molecular weight is 282 g/mol. The lowest BCUT2D eigenvalue weighted by Gasteiger charge is -2.03. The normalized spacial score (nSPS) is 10.5. The predicted molar refractivity (Wildman–Crippen MR) is 67.0 cm³/mol. The van der Waals surface area contributed by atoms with Crippen LogP contribution in [0.3, 0.4) is 0 Å². The molecule has 100 valence electrons. The Morgan fingerprint density at radius 2 is 2.26 bits per heavy atom. The lowest BCUT2D eigenvalue weighted by atomic mass is 10.1. The number of ether oxygens (including phenoxy) is 1. The van der Waals surface area contributed by atoms with Gasteiger partial charge in [0.05, 0.1) is 12.9 Å². The topological polar surface area (TPSA) is 65.2 Å². The molecule has 0 saturated heterocycles. The van der Waals surface area contributed by atoms with E-state index in [2.05, 4.69) is 10.2 Å². The van der Waals surface area contributed by atoms with Crippen molar-refractivity contribution in [1.82, 2.24) is 10.2 Å². The molecule has 0 fully saturated rings. The molecular weight excluding hydrogens is 271 g/mol. The van der Waals surface area contributed by atoms with Gasteiger partial charge >= 0.3 is 0 Å². The van der Waals surface area contributed by atoms with Crippen LogP contribution in [-0.2, 0) is 0 Å². The van der Waals surface area contributed by atoms with Crippen molar-refractivity contribution < 1.29 is 18.3 Å². The quantitative estimate of drug-likeness (QED) is 0.620. The number of carbonyl (C=O) groups excluding carboxylic acids is 1. The van der Waals surface area contributed by atoms with Crippen LogP contribution >= 0.6 is 11.8 Å². The average Bonchev–Trinajstić information content (AvgIpc) is 2.81. The van der Waals surface area contributed by atoms with E-state index >= 15 is 0 Å². The number of benzene rings is 1. The summed E-state index contributed by atoms with van der Waals surface area (Å²) < 4.78 is 23.4. The SMILES string of the molecule is COc1ccc(C(=O)CSc2nnc(C)o2)cc1F. The van der Waals surface area contributed by atoms with Crippen molar-refractivity contribution in [3.05, 3.63) is 35.5 Å². The van der Waals surface area contributed by atoms with E-state index in [1.807, 2.05) is 0 Å². The van der Waals surface area contributed by atoms with Gasteiger partial charge in [0.2, 0.25) is 5.89 Å². The van der Waals surface area contributed by atoms with Gasteiger partial charge < -0.3 is 9.15 Å². The molecule has 0 aliphatic carbocycles. The zero-order valence-corrected chi connectivity index (χ0v) is 11.2. The summed E-state index contributed by atoms with van der Waals surface area (Å²) in [7, 11) is 1.37. The van der Waals surface area contributed by atoms with Gasteiger partial charge in [0.15, 0.2) is 17.3 Å². The van der Waals surface area contributed by atoms with E-state index in [4.69, 9.17) is 9.15 Å². The number of nitrogens with zero attached hydrogens (tertiary/aromatic N) is 2. The fourth-order valence-electron chi connectivity index (χ4n) is 1.39. The van der Waals surface area contributed by atoms with Crippen LogP contribution in [0.4, 0.5) is 4.39 Å². The van der Waals surface area contributed by atoms with Gasteiger partial charge in [-0.1, -0.05) is 11.8 Å². The standard InChI is InChI=1S/C12H11FN2O3S/c1-7-14-15-12(18-7)19-6-10(16)8-3-4-11(17-2)9(13)5-8/h3-5H,6H2,1-2H3. The second kappa shape index (κ2) is 5.83. The fourth-order valence-corrected chi connectivity index (χ4v) is 2.09. The second-order valence-corrected chi connectivity index (χ2v) is 4.57. The Bertz CT molecular complexity index is 600. The third kappa shape index (κ3) is 3.31. The number of Topliss-reactive ketones (excluding diaryl/α,β-unsaturated/α-hetero) is 1. The monoisotopic (exact) mass is 282 g/mol. The highest BCUT2D eigenvalue weighted by Crippen LogP contribution is 2.21. The van der Waals surface area contributed by atoms with E-state index < -0.39 is 5.82 Å². The van der Waals surface area contributed by atoms with Crippen LogP contribution < -0.4 is 4.74 Å². The molecule has 19 heavy (non-hydrogen) atoms. The minimum Gasteiger partial charge on any atom is -0.494 e. The summed E-state index contributed by atoms with van der Waals surface area (Å²) in [4.78, 5) is 11.9. The number of carbonyl (C=O) groups is 1. The lowest BCUT2D eigenvalue weighted by molar-refractivity contribution is 0.102. The number of ketones is 1. The number of rotatable bonds is 5. The Labute approximate surface area is 113 Å². The van der Waals surface area contributed by atoms with Crippen molar-refractivity contribution in [2.24, 2.45) is 0 Å². The van der Waals surface area contributed by atoms with Crippen molar-refractivity contribution in [3.8, 4) is 5.75 Å². The number of halogens is 1. The van der Waals surface area contributed by atoms with Gasteiger partial charge in [0, 0.05) is 12.5 Å². The fraction of sp³-hybridized carbons (Fsp3) is 0.250. The van der Waals surface area contributed by atoms with Crippen LogP contribution in [0, 0.1) is 12.7 Å². The third-order valence-electron chi connectivity index (χ3n) is 2.31. The summed E-state index contributed by atoms with van der Waals surface area (Å²) in [5, 5.41) is 7.72. The summed E-state index contributed by atoms with van der Waals surface area (Å²) in [6, 6.07) is 4.09. The van der Waals surface area contributed by atoms with E-state index in [9.17, 15) is 9.18 Å². The number of thioether (sulfide) groups is 1. The first-order valence-corrected chi connectivity index (χ1v) is 6.38. The van der Waals surface area contributed by atoms with Crippen LogP contribution in [0.15, 0.2) is 27.8 Å². The Balaban J connectivity index is 2.01. The van der Waals surface area contributed by atoms with Crippen molar-refractivity contribution in [3.63, 3.8) is 0 Å². The maximum atomic E-state index is 13.5. The summed E-state index contributed by atoms with van der Waals surface area (Å²) >= 11 is 1.12. The molecule has 0 N–H and O–H groups in total. The van der Waals surface area contributed by atoms with Gasteiger partial charge in [-0.05, 0) is 18.2 Å². The summed E-state index contributed by atoms with van der Waals surface area (Å²) in [6.07, 6.45) is 0. The molecule has 7 heteroatoms. The van der Waals surface area contributed by atoms with Gasteiger partial charge in [0.25, 0.3) is 5.22 Å². The van der Waals surface area contributed by atoms with Crippen LogP contribution in [0.5, 0.6) is 5.75 Å². The van der Waals surface area contributed by atoms with Gasteiger partial charge in [-0.25, -0.2) is 4.39 Å². The molecule has 0 atom stereocenters. The Morgan fingerprint density at radius 3 is 2.84 bits per heavy atom. The molecule has 5 nitrogen and oxygen atoms in total. The largest absolute Gasteiger partial charge is 0.494 e. The Kier molecular flexibility index (Phi) is 4.16. The highest BCUT2D eigenvalue weighted by Gasteiger charge is 2.12. The predicted octanol–water partition coefficient (Wildman–Crippen LogP) is 2.50. The molecule has 1 heterocycles. The number of aromatic nitrogens is 2. The van der Waals surface area contributed by atoms with Crippen LogP contribution in [0.2, 0.25) is 0 Å². The third-order valence-corrected chi connectivity index (χ3v) is 3.13. The zero-order chi connectivity index (χ0) is 13.8. The van der Waals surface area contributed by atoms with Crippen molar-refractivity contribution >= 4 is 17.5 Å². The van der Waals surface area contributed by atoms with Gasteiger partial charge in [0.1, 0.15) is 0 Å². The summed E-state index contributed by atoms with van der Waals surface area (Å²) in [6.45, 7) is 1.66. The zero-order valence-electron chi connectivity index (χ0n) is 10.3. The van der Waals surface area contributed by atoms with E-state index in [0.29, 0.717) is 11.1 Å². The van der Waals surface area contributed by atoms with Crippen molar-refractivity contribution in [2.75, 3.05) is 12.9 Å². The molecule has 2 rings (SSSR count). The Morgan fingerprint density at radius 1 is 1.47 bits per heavy atom. The summed E-state index contributed by atoms with van der Waals surface area (Å²) in [5.74, 6) is -0.135. The molecular formula is C12H11FN2O3S. The van der Waals surface area contributed by atoms with Crippen molar-refractivity contribution in [2.45, 2.75) is 12.1 Å². The molecule has 0 unspecified atom stereocenters. The first kappa shape index (κ1) is 13.5. The highest BCUT2D eigenvalue weighted by molar-refractivity contribution is 7.99. The van der Waals surface area contributed by atoms with E-state index in [1.54, 1.807) is 6.92 Å². The molecule has 0 spiro atoms. The first-order valence-electron chi connectivity index (χ1n) is 5.40. The molecule has 2 aromatic rings. The second-order valence-electron chi connectivity index (χ2n) is 3.65. The van der Waals surface area contributed by atoms with E-state index in [0.717, 1.165) is 17.8 Å². The molecule has 0 amide bonds. The smallest absolute Gasteiger partial charge is 0.277 e. The van der Waals surface area contributed by atoms with Crippen LogP contribution in [0.1, 0.15) is 16.2 Å². The Hall–Kier alpha value is -1.89. The first-order chi connectivity index (χ1) is 9.10. The molecule has 0 bridgehead atoms. The van der Waals surface area contributed by atoms with E-state index in [-0.39, 0.29) is 22.8 Å². The highest BCUT2D eigenvalue weighted by atomic mass is 32.2. The number of hydrogen-bond acceptors (Lipinski definition) is 6. The minimum atomic E-state index is -0.563. The van der Waals surface area contributed by atoms with Gasteiger partial charge in [-0.3, -0.25) is 4.79 Å². The summed E-state index contributed by atoms with van der Waals surface area (Å²) in [5.41, 5.74) is 0.280. The molecule has 0 aliphatic rings. The van der Waals surface area contributed by atoms with Crippen LogP contribution in [-0.4, -0.2) is 28.8 Å². The number of aryl methyl sites for hydroxylation is 1. The van der Waals surface area contributed by atoms with Gasteiger partial charge in [-0.2, -0.15) is 0 Å². The molecule has 0 aliphatic heterocycles. The molecule has 0 saturated carbocycles. The number of methoxy groups -OCH3 is 1. The van der Waals surface area contributed by atoms with Crippen LogP contribution in [0.25, 0.3) is 0 Å². The molecule has 1 aromatic carbocycles. The molecule has 1 aromatic heterocycles.